The van der Waals surface area contributed by atoms with Gasteiger partial charge in [0.15, 0.2) is 0 Å². The minimum atomic E-state index is -0.889. The number of hydrogen-bond donors (Lipinski definition) is 3. The second-order valence-corrected chi connectivity index (χ2v) is 4.32. The van der Waals surface area contributed by atoms with Crippen molar-refractivity contribution in [2.45, 2.75) is 12.5 Å². The molecule has 0 aliphatic heterocycles. The fourth-order valence-electron chi connectivity index (χ4n) is 1.88. The van der Waals surface area contributed by atoms with Crippen molar-refractivity contribution in [1.29, 1.82) is 0 Å². The lowest BCUT2D eigenvalue weighted by molar-refractivity contribution is -0.140. The highest BCUT2D eigenvalue weighted by Gasteiger charge is 2.26. The molecule has 19 heavy (non-hydrogen) atoms. The largest absolute Gasteiger partial charge is 0.481 e. The van der Waals surface area contributed by atoms with Crippen LogP contribution < -0.4 is 5.32 Å². The van der Waals surface area contributed by atoms with E-state index in [1.165, 1.54) is 12.0 Å². The Morgan fingerprint density at radius 3 is 2.68 bits per heavy atom. The van der Waals surface area contributed by atoms with Gasteiger partial charge in [-0.25, -0.2) is 4.79 Å². The van der Waals surface area contributed by atoms with Crippen LogP contribution in [0.4, 0.5) is 4.79 Å². The van der Waals surface area contributed by atoms with Crippen LogP contribution >= 0.6 is 0 Å². The third-order valence-electron chi connectivity index (χ3n) is 2.93. The maximum atomic E-state index is 11.9. The lowest BCUT2D eigenvalue weighted by Crippen LogP contribution is -2.46. The van der Waals surface area contributed by atoms with Crippen LogP contribution in [0.2, 0.25) is 0 Å². The Kier molecular flexibility index (Phi) is 6.31. The van der Waals surface area contributed by atoms with Crippen LogP contribution in [0.5, 0.6) is 0 Å². The number of hydrogen-bond acceptors (Lipinski definition) is 4. The van der Waals surface area contributed by atoms with E-state index in [0.717, 1.165) is 0 Å². The zero-order valence-electron chi connectivity index (χ0n) is 10.9. The van der Waals surface area contributed by atoms with E-state index >= 15 is 0 Å². The summed E-state index contributed by atoms with van der Waals surface area (Å²) in [7, 11) is 1.53. The van der Waals surface area contributed by atoms with E-state index in [1.807, 2.05) is 0 Å². The van der Waals surface area contributed by atoms with E-state index in [0.29, 0.717) is 19.6 Å². The van der Waals surface area contributed by atoms with Gasteiger partial charge in [0.05, 0.1) is 25.2 Å². The fraction of sp³-hybridized carbons (Fsp3) is 0.667. The van der Waals surface area contributed by atoms with Gasteiger partial charge in [-0.1, -0.05) is 12.2 Å². The monoisotopic (exact) mass is 272 g/mol. The molecule has 0 spiro atoms. The SMILES string of the molecule is COCCN(CCO)C(=O)NC1C=CC(C(=O)O)C1. The van der Waals surface area contributed by atoms with Gasteiger partial charge in [-0.3, -0.25) is 4.79 Å². The zero-order valence-corrected chi connectivity index (χ0v) is 10.9. The Morgan fingerprint density at radius 1 is 1.42 bits per heavy atom. The van der Waals surface area contributed by atoms with Gasteiger partial charge >= 0.3 is 12.0 Å². The van der Waals surface area contributed by atoms with Crippen molar-refractivity contribution in [2.75, 3.05) is 33.4 Å². The minimum absolute atomic E-state index is 0.130. The lowest BCUT2D eigenvalue weighted by Gasteiger charge is -2.23. The molecule has 2 unspecified atom stereocenters. The average molecular weight is 272 g/mol. The summed E-state index contributed by atoms with van der Waals surface area (Å²) in [4.78, 5) is 24.2. The van der Waals surface area contributed by atoms with E-state index < -0.39 is 11.9 Å². The molecule has 2 amide bonds. The first-order valence-electron chi connectivity index (χ1n) is 6.14. The molecule has 0 heterocycles. The maximum Gasteiger partial charge on any atom is 0.318 e. The summed E-state index contributed by atoms with van der Waals surface area (Å²) in [6, 6.07) is -0.607. The number of rotatable bonds is 7. The summed E-state index contributed by atoms with van der Waals surface area (Å²) >= 11 is 0. The predicted octanol–water partition coefficient (Wildman–Crippen LogP) is -0.334. The number of aliphatic carboxylic acids is 1. The van der Waals surface area contributed by atoms with Crippen LogP contribution in [-0.2, 0) is 9.53 Å². The second-order valence-electron chi connectivity index (χ2n) is 4.32. The molecule has 0 radical (unpaired) electrons. The molecular weight excluding hydrogens is 252 g/mol. The van der Waals surface area contributed by atoms with Gasteiger partial charge in [-0.15, -0.1) is 0 Å². The Morgan fingerprint density at radius 2 is 2.16 bits per heavy atom. The van der Waals surface area contributed by atoms with Gasteiger partial charge in [-0.05, 0) is 6.42 Å². The van der Waals surface area contributed by atoms with Gasteiger partial charge in [0.1, 0.15) is 0 Å². The van der Waals surface area contributed by atoms with Crippen LogP contribution in [0.1, 0.15) is 6.42 Å². The number of urea groups is 1. The van der Waals surface area contributed by atoms with Crippen LogP contribution in [-0.4, -0.2) is 66.6 Å². The van der Waals surface area contributed by atoms with E-state index in [9.17, 15) is 9.59 Å². The fourth-order valence-corrected chi connectivity index (χ4v) is 1.88. The van der Waals surface area contributed by atoms with Gasteiger partial charge in [0.25, 0.3) is 0 Å². The summed E-state index contributed by atoms with van der Waals surface area (Å²) in [5.74, 6) is -1.44. The first kappa shape index (κ1) is 15.5. The molecule has 0 fully saturated rings. The maximum absolute atomic E-state index is 11.9. The molecule has 1 rings (SSSR count). The highest BCUT2D eigenvalue weighted by atomic mass is 16.5. The molecule has 0 saturated heterocycles. The number of aliphatic hydroxyl groups excluding tert-OH is 1. The van der Waals surface area contributed by atoms with E-state index in [-0.39, 0.29) is 25.2 Å². The molecule has 7 heteroatoms. The highest BCUT2D eigenvalue weighted by molar-refractivity contribution is 5.76. The second kappa shape index (κ2) is 7.75. The van der Waals surface area contributed by atoms with Crippen molar-refractivity contribution < 1.29 is 24.5 Å². The van der Waals surface area contributed by atoms with Crippen LogP contribution in [0.25, 0.3) is 0 Å². The summed E-state index contributed by atoms with van der Waals surface area (Å²) in [5.41, 5.74) is 0. The number of ether oxygens (including phenoxy) is 1. The number of carbonyl (C=O) groups is 2. The Labute approximate surface area is 111 Å². The van der Waals surface area contributed by atoms with E-state index in [2.05, 4.69) is 5.32 Å². The quantitative estimate of drug-likeness (QED) is 0.551. The molecule has 1 aliphatic rings. The minimum Gasteiger partial charge on any atom is -0.481 e. The molecule has 7 nitrogen and oxygen atoms in total. The molecule has 0 aromatic carbocycles. The topological polar surface area (TPSA) is 99.1 Å². The standard InChI is InChI=1S/C12H20N2O5/c1-19-7-5-14(4-6-15)12(18)13-10-3-2-9(8-10)11(16)17/h2-3,9-10,15H,4-8H2,1H3,(H,13,18)(H,16,17). The van der Waals surface area contributed by atoms with Crippen LogP contribution in [0, 0.1) is 5.92 Å². The Hall–Kier alpha value is -1.60. The van der Waals surface area contributed by atoms with Crippen molar-refractivity contribution in [2.24, 2.45) is 5.92 Å². The lowest BCUT2D eigenvalue weighted by atomic mass is 10.1. The molecule has 108 valence electrons. The predicted molar refractivity (Wildman–Crippen MR) is 67.7 cm³/mol. The number of nitrogens with one attached hydrogen (secondary N) is 1. The molecule has 0 saturated carbocycles. The van der Waals surface area contributed by atoms with Gasteiger partial charge in [0, 0.05) is 20.2 Å². The first-order valence-corrected chi connectivity index (χ1v) is 6.14. The Balaban J connectivity index is 2.44. The smallest absolute Gasteiger partial charge is 0.318 e. The van der Waals surface area contributed by atoms with Crippen molar-refractivity contribution in [3.63, 3.8) is 0 Å². The van der Waals surface area contributed by atoms with E-state index in [4.69, 9.17) is 14.9 Å². The molecule has 2 atom stereocenters. The van der Waals surface area contributed by atoms with Crippen molar-refractivity contribution in [3.8, 4) is 0 Å². The van der Waals surface area contributed by atoms with Gasteiger partial charge in [-0.2, -0.15) is 0 Å². The van der Waals surface area contributed by atoms with Crippen molar-refractivity contribution >= 4 is 12.0 Å². The molecule has 0 aromatic heterocycles. The molecule has 1 aliphatic carbocycles. The zero-order chi connectivity index (χ0) is 14.3. The molecule has 0 bridgehead atoms. The highest BCUT2D eigenvalue weighted by Crippen LogP contribution is 2.18. The molecule has 0 aromatic rings. The van der Waals surface area contributed by atoms with Crippen molar-refractivity contribution in [3.05, 3.63) is 12.2 Å². The average Bonchev–Trinajstić information content (AvgIpc) is 2.83. The number of carboxylic acids is 1. The number of methoxy groups -OCH3 is 1. The van der Waals surface area contributed by atoms with Gasteiger partial charge < -0.3 is 25.2 Å². The third-order valence-corrected chi connectivity index (χ3v) is 2.93. The van der Waals surface area contributed by atoms with Crippen LogP contribution in [0.15, 0.2) is 12.2 Å². The van der Waals surface area contributed by atoms with Gasteiger partial charge in [0.2, 0.25) is 0 Å². The number of nitrogens with zero attached hydrogens (tertiary/aromatic N) is 1. The summed E-state index contributed by atoms with van der Waals surface area (Å²) in [6.07, 6.45) is 3.63. The first-order chi connectivity index (χ1) is 9.08. The normalized spacial score (nSPS) is 21.4. The summed E-state index contributed by atoms with van der Waals surface area (Å²) in [6.45, 7) is 0.844. The number of aliphatic hydroxyl groups is 1. The number of carbonyl (C=O) groups excluding carboxylic acids is 1. The van der Waals surface area contributed by atoms with Crippen molar-refractivity contribution in [1.82, 2.24) is 10.2 Å². The number of amides is 2. The number of carboxylic acid groups (broad SMARTS) is 1. The summed E-state index contributed by atoms with van der Waals surface area (Å²) in [5, 5.41) is 20.5. The Bertz CT molecular complexity index is 345. The molecule has 3 N–H and O–H groups in total. The summed E-state index contributed by atoms with van der Waals surface area (Å²) < 4.78 is 4.89. The third kappa shape index (κ3) is 4.88. The van der Waals surface area contributed by atoms with Crippen LogP contribution in [0.3, 0.4) is 0 Å². The van der Waals surface area contributed by atoms with E-state index in [1.54, 1.807) is 12.2 Å². The molecular formula is C12H20N2O5.